The van der Waals surface area contributed by atoms with E-state index in [9.17, 15) is 4.79 Å². The van der Waals surface area contributed by atoms with Gasteiger partial charge in [-0.05, 0) is 25.0 Å². The highest BCUT2D eigenvalue weighted by Gasteiger charge is 2.34. The second-order valence-corrected chi connectivity index (χ2v) is 6.47. The van der Waals surface area contributed by atoms with Gasteiger partial charge in [-0.25, -0.2) is 0 Å². The summed E-state index contributed by atoms with van der Waals surface area (Å²) < 4.78 is 11.4. The Hall–Kier alpha value is -1.46. The van der Waals surface area contributed by atoms with Crippen LogP contribution in [0.4, 0.5) is 0 Å². The first-order valence-electron chi connectivity index (χ1n) is 7.77. The number of thioether (sulfide) groups is 1. The minimum absolute atomic E-state index is 0.00826. The Labute approximate surface area is 134 Å². The molecule has 0 aliphatic carbocycles. The van der Waals surface area contributed by atoms with Crippen LogP contribution in [0.1, 0.15) is 30.9 Å². The van der Waals surface area contributed by atoms with Gasteiger partial charge in [0.05, 0.1) is 5.75 Å². The van der Waals surface area contributed by atoms with E-state index in [1.165, 1.54) is 0 Å². The van der Waals surface area contributed by atoms with Gasteiger partial charge >= 0.3 is 0 Å². The lowest BCUT2D eigenvalue weighted by Crippen LogP contribution is -2.29. The van der Waals surface area contributed by atoms with Gasteiger partial charge in [0.1, 0.15) is 16.7 Å². The summed E-state index contributed by atoms with van der Waals surface area (Å²) in [5, 5.41) is 1.08. The van der Waals surface area contributed by atoms with Crippen molar-refractivity contribution >= 4 is 28.6 Å². The molecular weight excluding hydrogens is 298 g/mol. The van der Waals surface area contributed by atoms with E-state index in [4.69, 9.17) is 9.15 Å². The van der Waals surface area contributed by atoms with Crippen molar-refractivity contribution in [2.75, 3.05) is 25.5 Å². The SMILES string of the molecule is CCCOCCCN1C(=O)CSC1c1cc2ccccc2o1. The zero-order chi connectivity index (χ0) is 15.4. The standard InChI is InChI=1S/C17H21NO3S/c1-2-9-20-10-5-8-18-16(19)12-22-17(18)15-11-13-6-3-4-7-14(13)21-15/h3-4,6-7,11,17H,2,5,8-10,12H2,1H3. The maximum absolute atomic E-state index is 12.1. The van der Waals surface area contributed by atoms with Crippen LogP contribution in [0.2, 0.25) is 0 Å². The molecule has 22 heavy (non-hydrogen) atoms. The van der Waals surface area contributed by atoms with Crippen molar-refractivity contribution in [3.8, 4) is 0 Å². The fraction of sp³-hybridized carbons (Fsp3) is 0.471. The topological polar surface area (TPSA) is 42.7 Å². The van der Waals surface area contributed by atoms with Crippen molar-refractivity contribution in [2.24, 2.45) is 0 Å². The van der Waals surface area contributed by atoms with E-state index in [-0.39, 0.29) is 11.3 Å². The molecule has 1 aromatic carbocycles. The van der Waals surface area contributed by atoms with E-state index < -0.39 is 0 Å². The first kappa shape index (κ1) is 15.4. The third kappa shape index (κ3) is 3.31. The summed E-state index contributed by atoms with van der Waals surface area (Å²) >= 11 is 1.64. The van der Waals surface area contributed by atoms with Crippen LogP contribution in [0.3, 0.4) is 0 Å². The normalized spacial score (nSPS) is 18.5. The molecule has 1 atom stereocenters. The minimum Gasteiger partial charge on any atom is -0.458 e. The van der Waals surface area contributed by atoms with Crippen molar-refractivity contribution in [1.29, 1.82) is 0 Å². The number of nitrogens with zero attached hydrogens (tertiary/aromatic N) is 1. The van der Waals surface area contributed by atoms with Gasteiger partial charge in [0.2, 0.25) is 5.91 Å². The van der Waals surface area contributed by atoms with Crippen LogP contribution in [-0.4, -0.2) is 36.3 Å². The summed E-state index contributed by atoms with van der Waals surface area (Å²) in [7, 11) is 0. The second-order valence-electron chi connectivity index (χ2n) is 5.40. The predicted octanol–water partition coefficient (Wildman–Crippen LogP) is 3.82. The first-order valence-corrected chi connectivity index (χ1v) is 8.81. The third-order valence-electron chi connectivity index (χ3n) is 3.69. The average Bonchev–Trinajstić information content (AvgIpc) is 3.10. The Balaban J connectivity index is 1.67. The van der Waals surface area contributed by atoms with Crippen molar-refractivity contribution < 1.29 is 13.9 Å². The minimum atomic E-state index is -0.00826. The van der Waals surface area contributed by atoms with Crippen LogP contribution in [0.15, 0.2) is 34.7 Å². The number of furan rings is 1. The van der Waals surface area contributed by atoms with E-state index in [0.717, 1.165) is 42.7 Å². The lowest BCUT2D eigenvalue weighted by atomic mass is 10.2. The van der Waals surface area contributed by atoms with Gasteiger partial charge in [0.25, 0.3) is 0 Å². The van der Waals surface area contributed by atoms with Crippen LogP contribution in [0.25, 0.3) is 11.0 Å². The fourth-order valence-corrected chi connectivity index (χ4v) is 3.79. The highest BCUT2D eigenvalue weighted by Crippen LogP contribution is 2.40. The highest BCUT2D eigenvalue weighted by molar-refractivity contribution is 8.00. The molecule has 0 saturated carbocycles. The van der Waals surface area contributed by atoms with Gasteiger partial charge in [0, 0.05) is 25.1 Å². The monoisotopic (exact) mass is 319 g/mol. The van der Waals surface area contributed by atoms with Gasteiger partial charge in [-0.1, -0.05) is 25.1 Å². The van der Waals surface area contributed by atoms with E-state index in [2.05, 4.69) is 6.92 Å². The number of rotatable bonds is 7. The number of hydrogen-bond acceptors (Lipinski definition) is 4. The molecule has 3 rings (SSSR count). The molecule has 1 saturated heterocycles. The number of ether oxygens (including phenoxy) is 1. The lowest BCUT2D eigenvalue weighted by Gasteiger charge is -2.22. The molecule has 1 unspecified atom stereocenters. The number of benzene rings is 1. The Kier molecular flexibility index (Phi) is 5.05. The van der Waals surface area contributed by atoms with E-state index in [1.807, 2.05) is 35.2 Å². The number of carbonyl (C=O) groups excluding carboxylic acids is 1. The highest BCUT2D eigenvalue weighted by atomic mass is 32.2. The van der Waals surface area contributed by atoms with Crippen molar-refractivity contribution in [3.63, 3.8) is 0 Å². The number of carbonyl (C=O) groups is 1. The van der Waals surface area contributed by atoms with Crippen molar-refractivity contribution in [3.05, 3.63) is 36.1 Å². The average molecular weight is 319 g/mol. The Morgan fingerprint density at radius 3 is 3.05 bits per heavy atom. The molecule has 1 aliphatic rings. The third-order valence-corrected chi connectivity index (χ3v) is 4.91. The number of amides is 1. The molecular formula is C17H21NO3S. The fourth-order valence-electron chi connectivity index (χ4n) is 2.64. The molecule has 4 nitrogen and oxygen atoms in total. The molecule has 118 valence electrons. The van der Waals surface area contributed by atoms with E-state index in [1.54, 1.807) is 11.8 Å². The number of fused-ring (bicyclic) bond motifs is 1. The molecule has 0 bridgehead atoms. The zero-order valence-electron chi connectivity index (χ0n) is 12.8. The molecule has 1 amide bonds. The molecule has 1 aromatic heterocycles. The maximum atomic E-state index is 12.1. The molecule has 2 heterocycles. The van der Waals surface area contributed by atoms with Gasteiger partial charge in [-0.3, -0.25) is 4.79 Å². The second kappa shape index (κ2) is 7.20. The molecule has 1 aliphatic heterocycles. The largest absolute Gasteiger partial charge is 0.458 e. The molecule has 0 spiro atoms. The molecule has 5 heteroatoms. The number of hydrogen-bond donors (Lipinski definition) is 0. The van der Waals surface area contributed by atoms with Crippen LogP contribution >= 0.6 is 11.8 Å². The Morgan fingerprint density at radius 1 is 1.36 bits per heavy atom. The predicted molar refractivity (Wildman–Crippen MR) is 88.9 cm³/mol. The summed E-state index contributed by atoms with van der Waals surface area (Å²) in [4.78, 5) is 14.0. The van der Waals surface area contributed by atoms with Crippen LogP contribution < -0.4 is 0 Å². The molecule has 2 aromatic rings. The summed E-state index contributed by atoms with van der Waals surface area (Å²) in [5.74, 6) is 1.58. The van der Waals surface area contributed by atoms with Gasteiger partial charge in [-0.2, -0.15) is 0 Å². The quantitative estimate of drug-likeness (QED) is 0.728. The lowest BCUT2D eigenvalue weighted by molar-refractivity contribution is -0.128. The zero-order valence-corrected chi connectivity index (χ0v) is 13.6. The number of para-hydroxylation sites is 1. The summed E-state index contributed by atoms with van der Waals surface area (Å²) in [6.07, 6.45) is 1.89. The van der Waals surface area contributed by atoms with E-state index in [0.29, 0.717) is 12.4 Å². The van der Waals surface area contributed by atoms with Gasteiger partial charge in [-0.15, -0.1) is 11.8 Å². The van der Waals surface area contributed by atoms with Crippen LogP contribution in [-0.2, 0) is 9.53 Å². The van der Waals surface area contributed by atoms with Crippen LogP contribution in [0.5, 0.6) is 0 Å². The van der Waals surface area contributed by atoms with Gasteiger partial charge in [0.15, 0.2) is 0 Å². The van der Waals surface area contributed by atoms with Crippen molar-refractivity contribution in [1.82, 2.24) is 4.90 Å². The van der Waals surface area contributed by atoms with E-state index >= 15 is 0 Å². The summed E-state index contributed by atoms with van der Waals surface area (Å²) in [5.41, 5.74) is 0.878. The van der Waals surface area contributed by atoms with Crippen molar-refractivity contribution in [2.45, 2.75) is 25.1 Å². The molecule has 1 fully saturated rings. The smallest absolute Gasteiger partial charge is 0.233 e. The molecule has 0 N–H and O–H groups in total. The van der Waals surface area contributed by atoms with Gasteiger partial charge < -0.3 is 14.1 Å². The molecule has 0 radical (unpaired) electrons. The maximum Gasteiger partial charge on any atom is 0.233 e. The Bertz CT molecular complexity index is 607. The first-order chi connectivity index (χ1) is 10.8. The van der Waals surface area contributed by atoms with Crippen LogP contribution in [0, 0.1) is 0 Å². The summed E-state index contributed by atoms with van der Waals surface area (Å²) in [6, 6.07) is 10.0. The Morgan fingerprint density at radius 2 is 2.23 bits per heavy atom. The summed E-state index contributed by atoms with van der Waals surface area (Å²) in [6.45, 7) is 4.31.